The summed E-state index contributed by atoms with van der Waals surface area (Å²) in [6.07, 6.45) is 1.09. The minimum absolute atomic E-state index is 0.00910. The van der Waals surface area contributed by atoms with Crippen molar-refractivity contribution in [2.45, 2.75) is 4.90 Å². The number of para-hydroxylation sites is 1. The van der Waals surface area contributed by atoms with Gasteiger partial charge in [-0.15, -0.1) is 11.3 Å². The van der Waals surface area contributed by atoms with E-state index in [2.05, 4.69) is 10.3 Å². The average Bonchev–Trinajstić information content (AvgIpc) is 3.12. The highest BCUT2D eigenvalue weighted by molar-refractivity contribution is 7.90. The van der Waals surface area contributed by atoms with Crippen molar-refractivity contribution in [3.63, 3.8) is 0 Å². The van der Waals surface area contributed by atoms with Gasteiger partial charge < -0.3 is 5.32 Å². The fourth-order valence-electron chi connectivity index (χ4n) is 2.90. The van der Waals surface area contributed by atoms with E-state index in [1.807, 2.05) is 42.5 Å². The summed E-state index contributed by atoms with van der Waals surface area (Å²) in [6.45, 7) is 0. The molecule has 0 atom stereocenters. The molecule has 140 valence electrons. The number of anilines is 1. The largest absolute Gasteiger partial charge is 0.322 e. The first kappa shape index (κ1) is 18.3. The van der Waals surface area contributed by atoms with Gasteiger partial charge in [0.05, 0.1) is 20.7 Å². The van der Waals surface area contributed by atoms with Crippen LogP contribution in [-0.2, 0) is 9.84 Å². The fraction of sp³-hybridized carbons (Fsp3) is 0.0476. The normalized spacial score (nSPS) is 11.5. The zero-order chi connectivity index (χ0) is 19.7. The molecule has 0 saturated carbocycles. The lowest BCUT2D eigenvalue weighted by molar-refractivity contribution is 0.102. The minimum atomic E-state index is -3.51. The molecule has 4 aromatic rings. The van der Waals surface area contributed by atoms with Gasteiger partial charge in [-0.3, -0.25) is 4.79 Å². The van der Waals surface area contributed by atoms with E-state index in [9.17, 15) is 13.2 Å². The summed E-state index contributed by atoms with van der Waals surface area (Å²) in [4.78, 5) is 17.3. The van der Waals surface area contributed by atoms with E-state index in [1.54, 1.807) is 29.5 Å². The Bertz CT molecular complexity index is 1260. The lowest BCUT2D eigenvalue weighted by atomic mass is 10.1. The quantitative estimate of drug-likeness (QED) is 0.535. The van der Waals surface area contributed by atoms with Crippen LogP contribution in [0.5, 0.6) is 0 Å². The smallest absolute Gasteiger partial charge is 0.256 e. The van der Waals surface area contributed by atoms with E-state index in [-0.39, 0.29) is 10.5 Å². The molecule has 0 bridgehead atoms. The SMILES string of the molecule is CS(=O)(=O)c1ccccc1C(=O)Nc1cccc(-c2nc3ccccc3s2)c1. The number of nitrogens with zero attached hydrogens (tertiary/aromatic N) is 1. The standard InChI is InChI=1S/C21H16N2O3S2/c1-28(25,26)19-12-5-2-9-16(19)20(24)22-15-8-6-7-14(13-15)21-23-17-10-3-4-11-18(17)27-21/h2-13H,1H3,(H,22,24). The van der Waals surface area contributed by atoms with Gasteiger partial charge in [-0.1, -0.05) is 36.4 Å². The number of sulfone groups is 1. The third-order valence-corrected chi connectivity index (χ3v) is 6.43. The number of thiazole rings is 1. The molecule has 5 nitrogen and oxygen atoms in total. The van der Waals surface area contributed by atoms with Crippen LogP contribution in [0.3, 0.4) is 0 Å². The Labute approximate surface area is 166 Å². The van der Waals surface area contributed by atoms with Crippen LogP contribution in [0.25, 0.3) is 20.8 Å². The lowest BCUT2D eigenvalue weighted by Crippen LogP contribution is -2.16. The summed E-state index contributed by atoms with van der Waals surface area (Å²) in [6, 6.07) is 21.4. The number of benzene rings is 3. The Kier molecular flexibility index (Phi) is 4.70. The van der Waals surface area contributed by atoms with Crippen LogP contribution in [0.1, 0.15) is 10.4 Å². The molecule has 1 amide bonds. The van der Waals surface area contributed by atoms with E-state index in [1.165, 1.54) is 12.1 Å². The Hall–Kier alpha value is -3.03. The molecule has 1 heterocycles. The molecule has 1 aromatic heterocycles. The first-order valence-corrected chi connectivity index (χ1v) is 11.2. The Balaban J connectivity index is 1.65. The van der Waals surface area contributed by atoms with Gasteiger partial charge in [0.15, 0.2) is 9.84 Å². The summed E-state index contributed by atoms with van der Waals surface area (Å²) >= 11 is 1.58. The molecule has 28 heavy (non-hydrogen) atoms. The molecule has 0 aliphatic rings. The number of amides is 1. The molecule has 0 fully saturated rings. The maximum atomic E-state index is 12.7. The molecular weight excluding hydrogens is 392 g/mol. The Morgan fingerprint density at radius 2 is 1.71 bits per heavy atom. The number of hydrogen-bond acceptors (Lipinski definition) is 5. The Morgan fingerprint density at radius 1 is 0.964 bits per heavy atom. The van der Waals surface area contributed by atoms with Gasteiger partial charge in [0.1, 0.15) is 5.01 Å². The van der Waals surface area contributed by atoms with Crippen molar-refractivity contribution in [1.82, 2.24) is 4.98 Å². The van der Waals surface area contributed by atoms with Crippen molar-refractivity contribution < 1.29 is 13.2 Å². The predicted octanol–water partition coefficient (Wildman–Crippen LogP) is 4.62. The number of aromatic nitrogens is 1. The Morgan fingerprint density at radius 3 is 2.50 bits per heavy atom. The second-order valence-electron chi connectivity index (χ2n) is 6.29. The molecule has 1 N–H and O–H groups in total. The first-order valence-electron chi connectivity index (χ1n) is 8.48. The number of fused-ring (bicyclic) bond motifs is 1. The first-order chi connectivity index (χ1) is 13.4. The van der Waals surface area contributed by atoms with Crippen LogP contribution in [0, 0.1) is 0 Å². The van der Waals surface area contributed by atoms with Gasteiger partial charge in [0, 0.05) is 17.5 Å². The highest BCUT2D eigenvalue weighted by Gasteiger charge is 2.18. The highest BCUT2D eigenvalue weighted by atomic mass is 32.2. The number of carbonyl (C=O) groups is 1. The maximum absolute atomic E-state index is 12.7. The molecular formula is C21H16N2O3S2. The molecule has 3 aromatic carbocycles. The van der Waals surface area contributed by atoms with Crippen molar-refractivity contribution >= 4 is 43.0 Å². The third-order valence-electron chi connectivity index (χ3n) is 4.19. The number of hydrogen-bond donors (Lipinski definition) is 1. The minimum Gasteiger partial charge on any atom is -0.322 e. The molecule has 0 radical (unpaired) electrons. The van der Waals surface area contributed by atoms with E-state index < -0.39 is 15.7 Å². The topological polar surface area (TPSA) is 76.1 Å². The monoisotopic (exact) mass is 408 g/mol. The third kappa shape index (κ3) is 3.67. The predicted molar refractivity (Wildman–Crippen MR) is 113 cm³/mol. The van der Waals surface area contributed by atoms with Crippen LogP contribution in [0.2, 0.25) is 0 Å². The second-order valence-corrected chi connectivity index (χ2v) is 9.30. The van der Waals surface area contributed by atoms with Crippen LogP contribution in [0.4, 0.5) is 5.69 Å². The molecule has 0 saturated heterocycles. The van der Waals surface area contributed by atoms with Gasteiger partial charge in [-0.05, 0) is 36.4 Å². The summed E-state index contributed by atoms with van der Waals surface area (Å²) in [5.74, 6) is -0.470. The fourth-order valence-corrected chi connectivity index (χ4v) is 4.75. The number of carbonyl (C=O) groups excluding carboxylic acids is 1. The summed E-state index contributed by atoms with van der Waals surface area (Å²) in [7, 11) is -3.51. The van der Waals surface area contributed by atoms with Gasteiger partial charge in [0.25, 0.3) is 5.91 Å². The molecule has 4 rings (SSSR count). The van der Waals surface area contributed by atoms with E-state index in [4.69, 9.17) is 0 Å². The molecule has 0 aliphatic heterocycles. The van der Waals surface area contributed by atoms with Crippen LogP contribution >= 0.6 is 11.3 Å². The lowest BCUT2D eigenvalue weighted by Gasteiger charge is -2.09. The van der Waals surface area contributed by atoms with E-state index >= 15 is 0 Å². The van der Waals surface area contributed by atoms with Gasteiger partial charge in [-0.2, -0.15) is 0 Å². The highest BCUT2D eigenvalue weighted by Crippen LogP contribution is 2.31. The molecule has 7 heteroatoms. The van der Waals surface area contributed by atoms with E-state index in [0.717, 1.165) is 27.0 Å². The van der Waals surface area contributed by atoms with Crippen LogP contribution in [-0.4, -0.2) is 25.6 Å². The summed E-state index contributed by atoms with van der Waals surface area (Å²) in [5.41, 5.74) is 2.51. The van der Waals surface area contributed by atoms with Crippen LogP contribution in [0.15, 0.2) is 77.7 Å². The maximum Gasteiger partial charge on any atom is 0.256 e. The molecule has 0 spiro atoms. The van der Waals surface area contributed by atoms with Gasteiger partial charge >= 0.3 is 0 Å². The van der Waals surface area contributed by atoms with Crippen LogP contribution < -0.4 is 5.32 Å². The summed E-state index contributed by atoms with van der Waals surface area (Å²) < 4.78 is 25.0. The second kappa shape index (κ2) is 7.18. The molecule has 0 aliphatic carbocycles. The average molecular weight is 409 g/mol. The zero-order valence-corrected chi connectivity index (χ0v) is 16.5. The van der Waals surface area contributed by atoms with Crippen molar-refractivity contribution in [2.75, 3.05) is 11.6 Å². The van der Waals surface area contributed by atoms with Crippen molar-refractivity contribution in [3.8, 4) is 10.6 Å². The summed E-state index contributed by atoms with van der Waals surface area (Å²) in [5, 5.41) is 3.64. The number of rotatable bonds is 4. The molecule has 0 unspecified atom stereocenters. The number of nitrogens with one attached hydrogen (secondary N) is 1. The van der Waals surface area contributed by atoms with Gasteiger partial charge in [0.2, 0.25) is 0 Å². The van der Waals surface area contributed by atoms with E-state index in [0.29, 0.717) is 5.69 Å². The zero-order valence-electron chi connectivity index (χ0n) is 14.9. The van der Waals surface area contributed by atoms with Crippen molar-refractivity contribution in [1.29, 1.82) is 0 Å². The van der Waals surface area contributed by atoms with Crippen molar-refractivity contribution in [3.05, 3.63) is 78.4 Å². The van der Waals surface area contributed by atoms with Gasteiger partial charge in [-0.25, -0.2) is 13.4 Å². The van der Waals surface area contributed by atoms with Crippen molar-refractivity contribution in [2.24, 2.45) is 0 Å².